The fourth-order valence-electron chi connectivity index (χ4n) is 2.47. The van der Waals surface area contributed by atoms with Crippen molar-refractivity contribution in [2.45, 2.75) is 87.5 Å². The third-order valence-corrected chi connectivity index (χ3v) is 4.35. The van der Waals surface area contributed by atoms with Crippen LogP contribution in [0, 0.1) is 5.41 Å². The van der Waals surface area contributed by atoms with Gasteiger partial charge in [-0.3, -0.25) is 5.41 Å². The van der Waals surface area contributed by atoms with Gasteiger partial charge in [0.25, 0.3) is 5.89 Å². The Morgan fingerprint density at radius 3 is 1.97 bits per heavy atom. The van der Waals surface area contributed by atoms with E-state index in [1.165, 1.54) is 5.56 Å². The predicted molar refractivity (Wildman–Crippen MR) is 130 cm³/mol. The molecule has 164 valence electrons. The van der Waals surface area contributed by atoms with Gasteiger partial charge in [0.05, 0.1) is 5.41 Å². The standard InChI is InChI=1S/C16H16BrN3O.4C2H6/c1-10(2)9-13(18)14-19-15(20-21-14)16(7-8-16)11-5-3-4-6-12(11)17;4*1-2/h3-6,9,18H,7-8H2,1-2H3;4*1-2H3. The number of hydrogen-bond acceptors (Lipinski definition) is 4. The average Bonchev–Trinajstić information content (AvgIpc) is 3.41. The van der Waals surface area contributed by atoms with Gasteiger partial charge in [0.1, 0.15) is 5.71 Å². The molecule has 0 radical (unpaired) electrons. The summed E-state index contributed by atoms with van der Waals surface area (Å²) < 4.78 is 6.33. The second-order valence-corrected chi connectivity index (χ2v) is 6.47. The Morgan fingerprint density at radius 1 is 1.00 bits per heavy atom. The molecule has 0 saturated heterocycles. The lowest BCUT2D eigenvalue weighted by atomic mass is 9.95. The SMILES string of the molecule is CC.CC.CC.CC.CC(C)=CC(=N)c1nc(C2(c3ccccc3Br)CC2)no1. The van der Waals surface area contributed by atoms with Crippen LogP contribution in [-0.4, -0.2) is 15.9 Å². The number of benzene rings is 1. The summed E-state index contributed by atoms with van der Waals surface area (Å²) in [4.78, 5) is 4.45. The topological polar surface area (TPSA) is 62.8 Å². The number of nitrogens with one attached hydrogen (secondary N) is 1. The third-order valence-electron chi connectivity index (χ3n) is 3.66. The number of aromatic nitrogens is 2. The number of hydrogen-bond donors (Lipinski definition) is 1. The zero-order valence-corrected chi connectivity index (χ0v) is 21.6. The van der Waals surface area contributed by atoms with Gasteiger partial charge in [0.2, 0.25) is 0 Å². The van der Waals surface area contributed by atoms with Crippen molar-refractivity contribution >= 4 is 21.6 Å². The van der Waals surface area contributed by atoms with Crippen molar-refractivity contribution in [2.24, 2.45) is 0 Å². The van der Waals surface area contributed by atoms with E-state index in [0.29, 0.717) is 5.82 Å². The van der Waals surface area contributed by atoms with Gasteiger partial charge in [-0.15, -0.1) is 0 Å². The van der Waals surface area contributed by atoms with E-state index >= 15 is 0 Å². The van der Waals surface area contributed by atoms with Crippen LogP contribution >= 0.6 is 15.9 Å². The molecule has 29 heavy (non-hydrogen) atoms. The Bertz CT molecular complexity index is 727. The summed E-state index contributed by atoms with van der Waals surface area (Å²) in [6.45, 7) is 19.9. The first-order valence-electron chi connectivity index (χ1n) is 10.9. The molecule has 0 bridgehead atoms. The van der Waals surface area contributed by atoms with E-state index in [-0.39, 0.29) is 17.0 Å². The second-order valence-electron chi connectivity index (χ2n) is 5.62. The smallest absolute Gasteiger partial charge is 0.275 e. The van der Waals surface area contributed by atoms with Crippen LogP contribution in [-0.2, 0) is 5.41 Å². The van der Waals surface area contributed by atoms with E-state index < -0.39 is 0 Å². The molecule has 1 aliphatic rings. The second kappa shape index (κ2) is 16.1. The first-order chi connectivity index (χ1) is 14.0. The molecule has 2 aromatic rings. The Balaban J connectivity index is 0. The molecule has 4 nitrogen and oxygen atoms in total. The molecular weight excluding hydrogens is 426 g/mol. The highest BCUT2D eigenvalue weighted by atomic mass is 79.9. The molecular formula is C24H40BrN3O. The van der Waals surface area contributed by atoms with Crippen LogP contribution in [0.5, 0.6) is 0 Å². The van der Waals surface area contributed by atoms with Crippen molar-refractivity contribution < 1.29 is 4.52 Å². The molecule has 1 aliphatic carbocycles. The van der Waals surface area contributed by atoms with E-state index in [9.17, 15) is 0 Å². The summed E-state index contributed by atoms with van der Waals surface area (Å²) >= 11 is 3.60. The van der Waals surface area contributed by atoms with Crippen LogP contribution in [0.3, 0.4) is 0 Å². The van der Waals surface area contributed by atoms with E-state index in [2.05, 4.69) is 32.1 Å². The zero-order chi connectivity index (χ0) is 23.0. The predicted octanol–water partition coefficient (Wildman–Crippen LogP) is 8.35. The van der Waals surface area contributed by atoms with Gasteiger partial charge < -0.3 is 4.52 Å². The molecule has 1 aromatic heterocycles. The molecule has 0 atom stereocenters. The average molecular weight is 467 g/mol. The maximum Gasteiger partial charge on any atom is 0.275 e. The Morgan fingerprint density at radius 2 is 1.52 bits per heavy atom. The summed E-state index contributed by atoms with van der Waals surface area (Å²) in [5.41, 5.74) is 2.32. The number of nitrogens with zero attached hydrogens (tertiary/aromatic N) is 2. The van der Waals surface area contributed by atoms with Crippen molar-refractivity contribution in [2.75, 3.05) is 0 Å². The lowest BCUT2D eigenvalue weighted by Crippen LogP contribution is -2.12. The van der Waals surface area contributed by atoms with E-state index in [1.54, 1.807) is 6.08 Å². The molecule has 1 heterocycles. The summed E-state index contributed by atoms with van der Waals surface area (Å²) in [5.74, 6) is 0.959. The fraction of sp³-hybridized carbons (Fsp3) is 0.542. The quantitative estimate of drug-likeness (QED) is 0.461. The van der Waals surface area contributed by atoms with Crippen LogP contribution in [0.15, 0.2) is 44.9 Å². The highest BCUT2D eigenvalue weighted by Crippen LogP contribution is 2.54. The molecule has 1 saturated carbocycles. The molecule has 1 aromatic carbocycles. The minimum atomic E-state index is -0.160. The van der Waals surface area contributed by atoms with Crippen LogP contribution in [0.4, 0.5) is 0 Å². The molecule has 1 N–H and O–H groups in total. The molecule has 3 rings (SSSR count). The Labute approximate surface area is 186 Å². The van der Waals surface area contributed by atoms with Crippen molar-refractivity contribution in [3.8, 4) is 0 Å². The van der Waals surface area contributed by atoms with E-state index in [0.717, 1.165) is 22.9 Å². The largest absolute Gasteiger partial charge is 0.332 e. The summed E-state index contributed by atoms with van der Waals surface area (Å²) in [6.07, 6.45) is 3.74. The van der Waals surface area contributed by atoms with Crippen molar-refractivity contribution in [3.05, 3.63) is 57.7 Å². The fourth-order valence-corrected chi connectivity index (χ4v) is 3.13. The first kappa shape index (κ1) is 29.5. The molecule has 0 spiro atoms. The Kier molecular flexibility index (Phi) is 16.3. The van der Waals surface area contributed by atoms with Crippen molar-refractivity contribution in [1.29, 1.82) is 5.41 Å². The van der Waals surface area contributed by atoms with Crippen molar-refractivity contribution in [3.63, 3.8) is 0 Å². The van der Waals surface area contributed by atoms with Crippen LogP contribution in [0.1, 0.15) is 99.4 Å². The highest BCUT2D eigenvalue weighted by molar-refractivity contribution is 9.10. The number of rotatable bonds is 4. The van der Waals surface area contributed by atoms with Gasteiger partial charge in [-0.2, -0.15) is 4.98 Å². The normalized spacial score (nSPS) is 12.1. The molecule has 1 fully saturated rings. The van der Waals surface area contributed by atoms with Gasteiger partial charge in [0.15, 0.2) is 5.82 Å². The van der Waals surface area contributed by atoms with Crippen molar-refractivity contribution in [1.82, 2.24) is 10.1 Å². The van der Waals surface area contributed by atoms with Crippen LogP contribution in [0.25, 0.3) is 0 Å². The number of allylic oxidation sites excluding steroid dienone is 2. The van der Waals surface area contributed by atoms with Gasteiger partial charge in [0, 0.05) is 4.47 Å². The lowest BCUT2D eigenvalue weighted by molar-refractivity contribution is 0.400. The zero-order valence-electron chi connectivity index (χ0n) is 20.0. The maximum atomic E-state index is 7.96. The summed E-state index contributed by atoms with van der Waals surface area (Å²) in [6, 6.07) is 8.14. The minimum Gasteiger partial charge on any atom is -0.332 e. The monoisotopic (exact) mass is 465 g/mol. The first-order valence-corrected chi connectivity index (χ1v) is 11.7. The van der Waals surface area contributed by atoms with E-state index in [1.807, 2.05) is 87.4 Å². The maximum absolute atomic E-state index is 7.96. The molecule has 0 aliphatic heterocycles. The van der Waals surface area contributed by atoms with Crippen LogP contribution in [0.2, 0.25) is 0 Å². The lowest BCUT2D eigenvalue weighted by Gasteiger charge is -2.12. The third kappa shape index (κ3) is 8.25. The Hall–Kier alpha value is -1.75. The van der Waals surface area contributed by atoms with E-state index in [4.69, 9.17) is 9.93 Å². The highest BCUT2D eigenvalue weighted by Gasteiger charge is 2.51. The van der Waals surface area contributed by atoms with Crippen LogP contribution < -0.4 is 0 Å². The van der Waals surface area contributed by atoms with Gasteiger partial charge in [-0.1, -0.05) is 100 Å². The van der Waals surface area contributed by atoms with Gasteiger partial charge in [-0.05, 0) is 44.4 Å². The van der Waals surface area contributed by atoms with Gasteiger partial charge in [-0.25, -0.2) is 0 Å². The molecule has 0 amide bonds. The number of halogens is 1. The minimum absolute atomic E-state index is 0.160. The summed E-state index contributed by atoms with van der Waals surface area (Å²) in [5, 5.41) is 12.1. The molecule has 0 unspecified atom stereocenters. The summed E-state index contributed by atoms with van der Waals surface area (Å²) in [7, 11) is 0. The molecule has 5 heteroatoms. The van der Waals surface area contributed by atoms with Gasteiger partial charge >= 0.3 is 0 Å².